The van der Waals surface area contributed by atoms with Crippen LogP contribution in [0.2, 0.25) is 0 Å². The number of likely N-dealkylation sites (N-methyl/N-ethyl adjacent to an activating group) is 1. The normalized spacial score (nSPS) is 10.8. The molecule has 2 N–H and O–H groups in total. The molecule has 0 fully saturated rings. The first-order valence-electron chi connectivity index (χ1n) is 8.38. The highest BCUT2D eigenvalue weighted by atomic mass is 16.4. The van der Waals surface area contributed by atoms with Gasteiger partial charge in [0.15, 0.2) is 5.82 Å². The molecule has 0 aliphatic carbocycles. The lowest BCUT2D eigenvalue weighted by molar-refractivity contribution is -0.138. The van der Waals surface area contributed by atoms with Crippen LogP contribution in [0.4, 0.5) is 11.6 Å². The number of anilines is 2. The van der Waals surface area contributed by atoms with Gasteiger partial charge in [-0.05, 0) is 43.8 Å². The van der Waals surface area contributed by atoms with Crippen LogP contribution < -0.4 is 5.32 Å². The summed E-state index contributed by atoms with van der Waals surface area (Å²) in [5.74, 6) is 0.0923. The Balaban J connectivity index is 1.78. The Labute approximate surface area is 157 Å². The van der Waals surface area contributed by atoms with E-state index in [4.69, 9.17) is 5.11 Å². The Bertz CT molecular complexity index is 947. The van der Waals surface area contributed by atoms with Crippen molar-refractivity contribution in [1.29, 1.82) is 0 Å². The van der Waals surface area contributed by atoms with Crippen LogP contribution >= 0.6 is 0 Å². The lowest BCUT2D eigenvalue weighted by Crippen LogP contribution is -2.25. The van der Waals surface area contributed by atoms with Crippen LogP contribution in [0.3, 0.4) is 0 Å². The summed E-state index contributed by atoms with van der Waals surface area (Å²) in [7, 11) is 1.73. The van der Waals surface area contributed by atoms with Gasteiger partial charge in [0.05, 0.1) is 12.2 Å². The van der Waals surface area contributed by atoms with Gasteiger partial charge in [-0.1, -0.05) is 12.1 Å². The number of hydrogen-bond acceptors (Lipinski definition) is 7. The summed E-state index contributed by atoms with van der Waals surface area (Å²) >= 11 is 0. The molecule has 0 atom stereocenters. The number of nitrogens with zero attached hydrogens (tertiary/aromatic N) is 5. The Morgan fingerprint density at radius 1 is 1.19 bits per heavy atom. The highest BCUT2D eigenvalue weighted by Gasteiger charge is 2.09. The van der Waals surface area contributed by atoms with E-state index in [2.05, 4.69) is 25.3 Å². The summed E-state index contributed by atoms with van der Waals surface area (Å²) in [5.41, 5.74) is 3.57. The van der Waals surface area contributed by atoms with Gasteiger partial charge in [0.25, 0.3) is 0 Å². The number of nitrogens with one attached hydrogen (secondary N) is 1. The van der Waals surface area contributed by atoms with Crippen molar-refractivity contribution in [3.05, 3.63) is 60.2 Å². The number of rotatable bonds is 7. The standard InChI is InChI=1S/C19H20N6O2/c1-13-4-3-5-15(8-13)23-19-22-12-21-18(24-19)14-6-7-20-16(9-14)10-25(2)11-17(26)27/h3-9,12H,10-11H2,1-2H3,(H,26,27)(H,21,22,23,24). The van der Waals surface area contributed by atoms with E-state index in [1.165, 1.54) is 6.33 Å². The van der Waals surface area contributed by atoms with E-state index in [9.17, 15) is 4.79 Å². The number of aryl methyl sites for hydroxylation is 1. The van der Waals surface area contributed by atoms with E-state index in [0.717, 1.165) is 22.5 Å². The number of pyridine rings is 1. The molecule has 8 heteroatoms. The second kappa shape index (κ2) is 8.33. The molecule has 27 heavy (non-hydrogen) atoms. The zero-order valence-corrected chi connectivity index (χ0v) is 15.1. The molecule has 2 aromatic heterocycles. The fraction of sp³-hybridized carbons (Fsp3) is 0.211. The van der Waals surface area contributed by atoms with Gasteiger partial charge >= 0.3 is 5.97 Å². The van der Waals surface area contributed by atoms with Crippen LogP contribution in [0.5, 0.6) is 0 Å². The minimum absolute atomic E-state index is 0.0533. The Kier molecular flexibility index (Phi) is 5.68. The quantitative estimate of drug-likeness (QED) is 0.659. The number of carboxylic acids is 1. The molecule has 0 unspecified atom stereocenters. The number of benzene rings is 1. The predicted molar refractivity (Wildman–Crippen MR) is 101 cm³/mol. The van der Waals surface area contributed by atoms with E-state index in [1.54, 1.807) is 18.1 Å². The average molecular weight is 364 g/mol. The molecular weight excluding hydrogens is 344 g/mol. The minimum atomic E-state index is -0.877. The Morgan fingerprint density at radius 3 is 2.81 bits per heavy atom. The third kappa shape index (κ3) is 5.29. The van der Waals surface area contributed by atoms with Crippen LogP contribution in [-0.2, 0) is 11.3 Å². The number of aliphatic carboxylic acids is 1. The summed E-state index contributed by atoms with van der Waals surface area (Å²) in [4.78, 5) is 29.6. The third-order valence-electron chi connectivity index (χ3n) is 3.76. The van der Waals surface area contributed by atoms with E-state index in [1.807, 2.05) is 43.3 Å². The van der Waals surface area contributed by atoms with E-state index in [0.29, 0.717) is 18.3 Å². The van der Waals surface area contributed by atoms with Crippen molar-refractivity contribution in [2.45, 2.75) is 13.5 Å². The topological polar surface area (TPSA) is 104 Å². The fourth-order valence-electron chi connectivity index (χ4n) is 2.61. The maximum atomic E-state index is 10.8. The van der Waals surface area contributed by atoms with Crippen molar-refractivity contribution in [1.82, 2.24) is 24.8 Å². The molecule has 3 rings (SSSR count). The third-order valence-corrected chi connectivity index (χ3v) is 3.76. The van der Waals surface area contributed by atoms with E-state index >= 15 is 0 Å². The van der Waals surface area contributed by atoms with Gasteiger partial charge in [-0.25, -0.2) is 9.97 Å². The second-order valence-electron chi connectivity index (χ2n) is 6.23. The summed E-state index contributed by atoms with van der Waals surface area (Å²) < 4.78 is 0. The van der Waals surface area contributed by atoms with Crippen molar-refractivity contribution >= 4 is 17.6 Å². The van der Waals surface area contributed by atoms with Gasteiger partial charge in [-0.15, -0.1) is 0 Å². The zero-order chi connectivity index (χ0) is 19.2. The number of carboxylic acid groups (broad SMARTS) is 1. The van der Waals surface area contributed by atoms with Crippen LogP contribution in [0.15, 0.2) is 48.9 Å². The number of aromatic nitrogens is 4. The molecule has 0 saturated carbocycles. The molecule has 1 aromatic carbocycles. The molecule has 8 nitrogen and oxygen atoms in total. The fourth-order valence-corrected chi connectivity index (χ4v) is 2.61. The first-order valence-corrected chi connectivity index (χ1v) is 8.38. The largest absolute Gasteiger partial charge is 0.480 e. The molecule has 0 bridgehead atoms. The van der Waals surface area contributed by atoms with E-state index in [-0.39, 0.29) is 6.54 Å². The van der Waals surface area contributed by atoms with Crippen LogP contribution in [0.1, 0.15) is 11.3 Å². The van der Waals surface area contributed by atoms with Gasteiger partial charge in [-0.3, -0.25) is 14.7 Å². The summed E-state index contributed by atoms with van der Waals surface area (Å²) in [6, 6.07) is 11.6. The lowest BCUT2D eigenvalue weighted by Gasteiger charge is -2.13. The van der Waals surface area contributed by atoms with Crippen molar-refractivity contribution in [3.8, 4) is 11.4 Å². The smallest absolute Gasteiger partial charge is 0.317 e. The molecule has 2 heterocycles. The highest BCUT2D eigenvalue weighted by molar-refractivity contribution is 5.69. The Morgan fingerprint density at radius 2 is 2.04 bits per heavy atom. The summed E-state index contributed by atoms with van der Waals surface area (Å²) in [6.45, 7) is 2.38. The SMILES string of the molecule is Cc1cccc(Nc2ncnc(-c3ccnc(CN(C)CC(=O)O)c3)n2)c1. The van der Waals surface area contributed by atoms with Crippen LogP contribution in [0, 0.1) is 6.92 Å². The average Bonchev–Trinajstić information content (AvgIpc) is 2.61. The van der Waals surface area contributed by atoms with Crippen LogP contribution in [-0.4, -0.2) is 49.5 Å². The predicted octanol–water partition coefficient (Wildman–Crippen LogP) is 2.50. The van der Waals surface area contributed by atoms with E-state index < -0.39 is 5.97 Å². The summed E-state index contributed by atoms with van der Waals surface area (Å²) in [5, 5.41) is 12.0. The Hall–Kier alpha value is -3.39. The van der Waals surface area contributed by atoms with Crippen molar-refractivity contribution in [3.63, 3.8) is 0 Å². The number of hydrogen-bond donors (Lipinski definition) is 2. The summed E-state index contributed by atoms with van der Waals surface area (Å²) in [6.07, 6.45) is 3.12. The molecule has 0 radical (unpaired) electrons. The molecule has 0 saturated heterocycles. The van der Waals surface area contributed by atoms with Gasteiger partial charge in [0.1, 0.15) is 6.33 Å². The second-order valence-corrected chi connectivity index (χ2v) is 6.23. The number of carbonyl (C=O) groups is 1. The van der Waals surface area contributed by atoms with Gasteiger partial charge < -0.3 is 10.4 Å². The maximum Gasteiger partial charge on any atom is 0.317 e. The van der Waals surface area contributed by atoms with Gasteiger partial charge in [0, 0.05) is 24.0 Å². The molecule has 0 amide bonds. The molecule has 3 aromatic rings. The minimum Gasteiger partial charge on any atom is -0.480 e. The lowest BCUT2D eigenvalue weighted by atomic mass is 10.2. The molecular formula is C19H20N6O2. The molecule has 138 valence electrons. The molecule has 0 aliphatic heterocycles. The highest BCUT2D eigenvalue weighted by Crippen LogP contribution is 2.19. The zero-order valence-electron chi connectivity index (χ0n) is 15.1. The van der Waals surface area contributed by atoms with Gasteiger partial charge in [-0.2, -0.15) is 4.98 Å². The first-order chi connectivity index (χ1) is 13.0. The monoisotopic (exact) mass is 364 g/mol. The van der Waals surface area contributed by atoms with Crippen LogP contribution in [0.25, 0.3) is 11.4 Å². The first kappa shape index (κ1) is 18.4. The maximum absolute atomic E-state index is 10.8. The van der Waals surface area contributed by atoms with Crippen molar-refractivity contribution < 1.29 is 9.90 Å². The van der Waals surface area contributed by atoms with Crippen molar-refractivity contribution in [2.24, 2.45) is 0 Å². The van der Waals surface area contributed by atoms with Gasteiger partial charge in [0.2, 0.25) is 5.95 Å². The van der Waals surface area contributed by atoms with Crippen molar-refractivity contribution in [2.75, 3.05) is 18.9 Å². The molecule has 0 aliphatic rings. The molecule has 0 spiro atoms.